The zero-order valence-corrected chi connectivity index (χ0v) is 9.71. The number of hydrogen-bond donors (Lipinski definition) is 0. The van der Waals surface area contributed by atoms with Crippen LogP contribution in [0.25, 0.3) is 0 Å². The molecule has 0 spiro atoms. The van der Waals surface area contributed by atoms with Crippen molar-refractivity contribution in [2.24, 2.45) is 5.41 Å². The fourth-order valence-corrected chi connectivity index (χ4v) is 1.50. The van der Waals surface area contributed by atoms with Crippen LogP contribution < -0.4 is 0 Å². The van der Waals surface area contributed by atoms with Crippen LogP contribution in [-0.2, 0) is 0 Å². The number of halogens is 1. The minimum atomic E-state index is 0.536. The molecule has 0 atom stereocenters. The first-order chi connectivity index (χ1) is 5.06. The summed E-state index contributed by atoms with van der Waals surface area (Å²) in [6.07, 6.45) is 6.90. The Morgan fingerprint density at radius 3 is 1.91 bits per heavy atom. The number of hydrogen-bond acceptors (Lipinski definition) is 0. The molecule has 0 amide bonds. The Kier molecular flexibility index (Phi) is 6.31. The lowest BCUT2D eigenvalue weighted by Gasteiger charge is -2.17. The van der Waals surface area contributed by atoms with E-state index >= 15 is 0 Å². The summed E-state index contributed by atoms with van der Waals surface area (Å²) in [6, 6.07) is 0. The molecule has 0 aliphatic rings. The molecular formula is C10H21Br. The average molecular weight is 221 g/mol. The van der Waals surface area contributed by atoms with Gasteiger partial charge in [-0.15, -0.1) is 0 Å². The second kappa shape index (κ2) is 6.05. The minimum Gasteiger partial charge on any atom is -0.0928 e. The van der Waals surface area contributed by atoms with E-state index < -0.39 is 0 Å². The van der Waals surface area contributed by atoms with Gasteiger partial charge in [-0.1, -0.05) is 56.0 Å². The third kappa shape index (κ3) is 10.5. The molecule has 11 heavy (non-hydrogen) atoms. The second-order valence-electron chi connectivity index (χ2n) is 4.41. The number of rotatable bonds is 5. The monoisotopic (exact) mass is 220 g/mol. The van der Waals surface area contributed by atoms with E-state index in [0.29, 0.717) is 5.41 Å². The van der Waals surface area contributed by atoms with Crippen LogP contribution in [-0.4, -0.2) is 5.33 Å². The molecule has 0 radical (unpaired) electrons. The maximum atomic E-state index is 3.44. The molecule has 0 aliphatic carbocycles. The third-order valence-corrected chi connectivity index (χ3v) is 2.37. The lowest BCUT2D eigenvalue weighted by Crippen LogP contribution is -2.03. The average Bonchev–Trinajstić information content (AvgIpc) is 1.85. The minimum absolute atomic E-state index is 0.536. The summed E-state index contributed by atoms with van der Waals surface area (Å²) in [5.41, 5.74) is 0.536. The fraction of sp³-hybridized carbons (Fsp3) is 1.00. The number of unbranched alkanes of at least 4 members (excludes halogenated alkanes) is 3. The Morgan fingerprint density at radius 2 is 1.45 bits per heavy atom. The van der Waals surface area contributed by atoms with Gasteiger partial charge in [0.1, 0.15) is 0 Å². The van der Waals surface area contributed by atoms with Crippen LogP contribution >= 0.6 is 15.9 Å². The van der Waals surface area contributed by atoms with E-state index in [1.165, 1.54) is 37.4 Å². The molecule has 0 aromatic rings. The van der Waals surface area contributed by atoms with E-state index in [0.717, 1.165) is 0 Å². The maximum Gasteiger partial charge on any atom is 0.00313 e. The standard InChI is InChI=1S/C10H21Br/c1-10(2,3)8-6-4-5-7-9-11/h4-9H2,1-3H3. The summed E-state index contributed by atoms with van der Waals surface area (Å²) in [7, 11) is 0. The van der Waals surface area contributed by atoms with Crippen molar-refractivity contribution in [3.8, 4) is 0 Å². The van der Waals surface area contributed by atoms with Gasteiger partial charge in [0.15, 0.2) is 0 Å². The van der Waals surface area contributed by atoms with E-state index in [4.69, 9.17) is 0 Å². The molecule has 0 N–H and O–H groups in total. The van der Waals surface area contributed by atoms with Gasteiger partial charge in [0.2, 0.25) is 0 Å². The summed E-state index contributed by atoms with van der Waals surface area (Å²) < 4.78 is 0. The van der Waals surface area contributed by atoms with Gasteiger partial charge in [-0.25, -0.2) is 0 Å². The topological polar surface area (TPSA) is 0 Å². The highest BCUT2D eigenvalue weighted by Gasteiger charge is 2.08. The van der Waals surface area contributed by atoms with Gasteiger partial charge in [0, 0.05) is 5.33 Å². The molecule has 0 aromatic heterocycles. The van der Waals surface area contributed by atoms with E-state index in [2.05, 4.69) is 36.7 Å². The number of alkyl halides is 1. The van der Waals surface area contributed by atoms with Crippen molar-refractivity contribution in [1.29, 1.82) is 0 Å². The summed E-state index contributed by atoms with van der Waals surface area (Å²) >= 11 is 3.44. The van der Waals surface area contributed by atoms with Crippen LogP contribution in [0.3, 0.4) is 0 Å². The highest BCUT2D eigenvalue weighted by atomic mass is 79.9. The van der Waals surface area contributed by atoms with Gasteiger partial charge >= 0.3 is 0 Å². The van der Waals surface area contributed by atoms with Crippen molar-refractivity contribution in [1.82, 2.24) is 0 Å². The lowest BCUT2D eigenvalue weighted by molar-refractivity contribution is 0.358. The van der Waals surface area contributed by atoms with Crippen molar-refractivity contribution in [2.45, 2.75) is 52.9 Å². The first-order valence-corrected chi connectivity index (χ1v) is 5.74. The van der Waals surface area contributed by atoms with Crippen LogP contribution in [0, 0.1) is 5.41 Å². The molecule has 0 saturated carbocycles. The van der Waals surface area contributed by atoms with Crippen molar-refractivity contribution >= 4 is 15.9 Å². The van der Waals surface area contributed by atoms with E-state index in [1.54, 1.807) is 0 Å². The smallest absolute Gasteiger partial charge is 0.00313 e. The van der Waals surface area contributed by atoms with Gasteiger partial charge < -0.3 is 0 Å². The molecule has 0 nitrogen and oxygen atoms in total. The maximum absolute atomic E-state index is 3.44. The van der Waals surface area contributed by atoms with Crippen LogP contribution in [0.5, 0.6) is 0 Å². The van der Waals surface area contributed by atoms with Gasteiger partial charge in [-0.3, -0.25) is 0 Å². The van der Waals surface area contributed by atoms with Crippen LogP contribution in [0.15, 0.2) is 0 Å². The van der Waals surface area contributed by atoms with Gasteiger partial charge in [0.05, 0.1) is 0 Å². The van der Waals surface area contributed by atoms with Crippen molar-refractivity contribution < 1.29 is 0 Å². The van der Waals surface area contributed by atoms with E-state index in [9.17, 15) is 0 Å². The highest BCUT2D eigenvalue weighted by molar-refractivity contribution is 9.09. The third-order valence-electron chi connectivity index (χ3n) is 1.81. The molecule has 0 unspecified atom stereocenters. The van der Waals surface area contributed by atoms with Gasteiger partial charge in [-0.2, -0.15) is 0 Å². The van der Waals surface area contributed by atoms with Gasteiger partial charge in [0.25, 0.3) is 0 Å². The van der Waals surface area contributed by atoms with Crippen molar-refractivity contribution in [3.63, 3.8) is 0 Å². The van der Waals surface area contributed by atoms with Crippen LogP contribution in [0.4, 0.5) is 0 Å². The summed E-state index contributed by atoms with van der Waals surface area (Å²) in [5.74, 6) is 0. The summed E-state index contributed by atoms with van der Waals surface area (Å²) in [6.45, 7) is 6.95. The quantitative estimate of drug-likeness (QED) is 0.477. The van der Waals surface area contributed by atoms with Gasteiger partial charge in [-0.05, 0) is 18.3 Å². The van der Waals surface area contributed by atoms with Crippen molar-refractivity contribution in [2.75, 3.05) is 5.33 Å². The highest BCUT2D eigenvalue weighted by Crippen LogP contribution is 2.22. The fourth-order valence-electron chi connectivity index (χ4n) is 1.10. The Bertz CT molecular complexity index is 81.4. The van der Waals surface area contributed by atoms with Crippen LogP contribution in [0.2, 0.25) is 0 Å². The Balaban J connectivity index is 3.02. The van der Waals surface area contributed by atoms with E-state index in [-0.39, 0.29) is 0 Å². The molecule has 0 aliphatic heterocycles. The Hall–Kier alpha value is 0.480. The molecule has 0 aromatic carbocycles. The van der Waals surface area contributed by atoms with Crippen LogP contribution in [0.1, 0.15) is 52.9 Å². The Morgan fingerprint density at radius 1 is 0.909 bits per heavy atom. The van der Waals surface area contributed by atoms with Crippen molar-refractivity contribution in [3.05, 3.63) is 0 Å². The predicted octanol–water partition coefficient (Wildman–Crippen LogP) is 4.38. The first-order valence-electron chi connectivity index (χ1n) is 4.62. The Labute approximate surface area is 79.9 Å². The molecule has 0 bridgehead atoms. The molecule has 0 heterocycles. The second-order valence-corrected chi connectivity index (χ2v) is 5.21. The zero-order valence-electron chi connectivity index (χ0n) is 8.12. The molecule has 0 rings (SSSR count). The lowest BCUT2D eigenvalue weighted by atomic mass is 9.89. The SMILES string of the molecule is CC(C)(C)CCCCCCBr. The molecule has 0 fully saturated rings. The van der Waals surface area contributed by atoms with E-state index in [1.807, 2.05) is 0 Å². The molecule has 0 saturated heterocycles. The zero-order chi connectivity index (χ0) is 8.74. The predicted molar refractivity (Wildman–Crippen MR) is 56.3 cm³/mol. The molecule has 68 valence electrons. The largest absolute Gasteiger partial charge is 0.0928 e. The summed E-state index contributed by atoms with van der Waals surface area (Å²) in [4.78, 5) is 0. The molecular weight excluding hydrogens is 200 g/mol. The molecule has 1 heteroatoms. The normalized spacial score (nSPS) is 12.0. The first kappa shape index (κ1) is 11.5. The summed E-state index contributed by atoms with van der Waals surface area (Å²) in [5, 5.41) is 1.17.